The van der Waals surface area contributed by atoms with Crippen molar-refractivity contribution in [3.05, 3.63) is 45.3 Å². The van der Waals surface area contributed by atoms with Gasteiger partial charge in [-0.25, -0.2) is 8.78 Å². The summed E-state index contributed by atoms with van der Waals surface area (Å²) in [7, 11) is 0. The van der Waals surface area contributed by atoms with Crippen LogP contribution in [-0.2, 0) is 0 Å². The van der Waals surface area contributed by atoms with Crippen molar-refractivity contribution in [3.63, 3.8) is 0 Å². The zero-order valence-electron chi connectivity index (χ0n) is 10.5. The number of rotatable bonds is 4. The Morgan fingerprint density at radius 2 is 2.10 bits per heavy atom. The van der Waals surface area contributed by atoms with Crippen LogP contribution in [0.3, 0.4) is 0 Å². The maximum absolute atomic E-state index is 13.2. The van der Waals surface area contributed by atoms with Crippen molar-refractivity contribution < 1.29 is 18.5 Å². The molecule has 1 heterocycles. The Morgan fingerprint density at radius 1 is 1.43 bits per heavy atom. The number of nitro groups is 1. The lowest BCUT2D eigenvalue weighted by Crippen LogP contribution is -2.28. The zero-order valence-corrected chi connectivity index (χ0v) is 10.5. The first-order valence-electron chi connectivity index (χ1n) is 5.57. The van der Waals surface area contributed by atoms with Crippen LogP contribution in [0.25, 0.3) is 0 Å². The molecule has 0 aliphatic carbocycles. The first kappa shape index (κ1) is 14.4. The quantitative estimate of drug-likeness (QED) is 0.637. The molecule has 2 aromatic rings. The highest BCUT2D eigenvalue weighted by molar-refractivity contribution is 5.98. The van der Waals surface area contributed by atoms with Gasteiger partial charge >= 0.3 is 0 Å². The number of nitrogens with one attached hydrogen (secondary N) is 2. The van der Waals surface area contributed by atoms with Crippen LogP contribution in [0.5, 0.6) is 0 Å². The molecule has 2 rings (SSSR count). The van der Waals surface area contributed by atoms with Crippen LogP contribution >= 0.6 is 0 Å². The van der Waals surface area contributed by atoms with Crippen LogP contribution in [-0.4, -0.2) is 31.5 Å². The number of nitro benzene ring substituents is 1. The number of amides is 1. The van der Waals surface area contributed by atoms with Gasteiger partial charge in [-0.2, -0.15) is 5.21 Å². The second-order valence-corrected chi connectivity index (χ2v) is 4.01. The third-order valence-electron chi connectivity index (χ3n) is 2.58. The number of carbonyl (C=O) groups is 1. The fraction of sp³-hybridized carbons (Fsp3) is 0.200. The summed E-state index contributed by atoms with van der Waals surface area (Å²) in [6.45, 7) is 1.49. The van der Waals surface area contributed by atoms with Gasteiger partial charge in [-0.15, -0.1) is 10.2 Å². The molecule has 1 atom stereocenters. The molecule has 0 aliphatic heterocycles. The normalized spacial score (nSPS) is 12.0. The summed E-state index contributed by atoms with van der Waals surface area (Å²) in [6, 6.07) is 0.0821. The van der Waals surface area contributed by atoms with Crippen molar-refractivity contribution in [2.24, 2.45) is 0 Å². The number of benzene rings is 1. The van der Waals surface area contributed by atoms with E-state index >= 15 is 0 Å². The molecule has 0 bridgehead atoms. The van der Waals surface area contributed by atoms with Gasteiger partial charge in [0.2, 0.25) is 0 Å². The summed E-state index contributed by atoms with van der Waals surface area (Å²) in [5.41, 5.74) is -1.44. The van der Waals surface area contributed by atoms with Gasteiger partial charge in [-0.3, -0.25) is 14.9 Å². The Balaban J connectivity index is 2.30. The van der Waals surface area contributed by atoms with Crippen molar-refractivity contribution in [1.29, 1.82) is 0 Å². The second-order valence-electron chi connectivity index (χ2n) is 4.01. The summed E-state index contributed by atoms with van der Waals surface area (Å²) in [4.78, 5) is 21.8. The number of tetrazole rings is 1. The number of aromatic nitrogens is 4. The number of nitrogens with zero attached hydrogens (tertiary/aromatic N) is 4. The van der Waals surface area contributed by atoms with Crippen molar-refractivity contribution in [2.45, 2.75) is 13.0 Å². The van der Waals surface area contributed by atoms with E-state index in [0.717, 1.165) is 0 Å². The molecule has 0 fully saturated rings. The zero-order chi connectivity index (χ0) is 15.6. The minimum absolute atomic E-state index is 0.133. The van der Waals surface area contributed by atoms with E-state index in [1.807, 2.05) is 0 Å². The molecular formula is C10H8F2N6O3. The summed E-state index contributed by atoms with van der Waals surface area (Å²) >= 11 is 0. The number of hydrogen-bond donors (Lipinski definition) is 2. The molecule has 9 nitrogen and oxygen atoms in total. The largest absolute Gasteiger partial charge is 0.342 e. The lowest BCUT2D eigenvalue weighted by atomic mass is 10.1. The Kier molecular flexibility index (Phi) is 3.82. The van der Waals surface area contributed by atoms with E-state index in [2.05, 4.69) is 25.9 Å². The van der Waals surface area contributed by atoms with Crippen LogP contribution < -0.4 is 5.32 Å². The number of carbonyl (C=O) groups excluding carboxylic acids is 1. The summed E-state index contributed by atoms with van der Waals surface area (Å²) in [5, 5.41) is 25.8. The second kappa shape index (κ2) is 5.56. The van der Waals surface area contributed by atoms with Crippen LogP contribution in [0.1, 0.15) is 29.1 Å². The number of hydrogen-bond acceptors (Lipinski definition) is 6. The average molecular weight is 298 g/mol. The molecule has 0 spiro atoms. The number of H-pyrrole nitrogens is 1. The van der Waals surface area contributed by atoms with E-state index < -0.39 is 39.8 Å². The van der Waals surface area contributed by atoms with Crippen LogP contribution in [0.15, 0.2) is 12.1 Å². The predicted octanol–water partition coefficient (Wildman–Crippen LogP) is 0.877. The van der Waals surface area contributed by atoms with E-state index in [-0.39, 0.29) is 5.82 Å². The minimum atomic E-state index is -1.41. The molecule has 110 valence electrons. The molecule has 0 saturated heterocycles. The van der Waals surface area contributed by atoms with Crippen LogP contribution in [0, 0.1) is 21.7 Å². The van der Waals surface area contributed by atoms with Crippen LogP contribution in [0.4, 0.5) is 14.5 Å². The highest BCUT2D eigenvalue weighted by atomic mass is 19.2. The third kappa shape index (κ3) is 2.96. The van der Waals surface area contributed by atoms with Crippen LogP contribution in [0.2, 0.25) is 0 Å². The first-order chi connectivity index (χ1) is 9.90. The molecule has 0 radical (unpaired) electrons. The SMILES string of the molecule is CC(NC(=O)c1cc(F)c(F)cc1[N+](=O)[O-])c1nn[nH]n1. The average Bonchev–Trinajstić information content (AvgIpc) is 2.95. The molecule has 0 aliphatic rings. The lowest BCUT2D eigenvalue weighted by molar-refractivity contribution is -0.385. The molecule has 0 saturated carbocycles. The Labute approximate surface area is 115 Å². The topological polar surface area (TPSA) is 127 Å². The van der Waals surface area contributed by atoms with E-state index in [4.69, 9.17) is 0 Å². The van der Waals surface area contributed by atoms with Gasteiger partial charge in [-0.05, 0) is 13.0 Å². The summed E-state index contributed by atoms with van der Waals surface area (Å²) in [6.07, 6.45) is 0. The molecule has 21 heavy (non-hydrogen) atoms. The monoisotopic (exact) mass is 298 g/mol. The van der Waals surface area contributed by atoms with E-state index in [0.29, 0.717) is 12.1 Å². The molecule has 1 amide bonds. The molecule has 1 unspecified atom stereocenters. The van der Waals surface area contributed by atoms with Gasteiger partial charge in [0, 0.05) is 0 Å². The molecule has 1 aromatic heterocycles. The smallest absolute Gasteiger partial charge is 0.285 e. The predicted molar refractivity (Wildman–Crippen MR) is 63.1 cm³/mol. The van der Waals surface area contributed by atoms with Crippen molar-refractivity contribution in [3.8, 4) is 0 Å². The maximum Gasteiger partial charge on any atom is 0.285 e. The van der Waals surface area contributed by atoms with Crippen molar-refractivity contribution in [1.82, 2.24) is 25.9 Å². The van der Waals surface area contributed by atoms with Gasteiger partial charge in [0.1, 0.15) is 5.56 Å². The molecule has 1 aromatic carbocycles. The van der Waals surface area contributed by atoms with E-state index in [1.54, 1.807) is 0 Å². The highest BCUT2D eigenvalue weighted by Crippen LogP contribution is 2.22. The minimum Gasteiger partial charge on any atom is -0.342 e. The number of halogens is 2. The summed E-state index contributed by atoms with van der Waals surface area (Å²) in [5.74, 6) is -3.60. The highest BCUT2D eigenvalue weighted by Gasteiger charge is 2.25. The van der Waals surface area contributed by atoms with Gasteiger partial charge in [0.05, 0.1) is 17.0 Å². The summed E-state index contributed by atoms with van der Waals surface area (Å²) < 4.78 is 26.2. The van der Waals surface area contributed by atoms with Gasteiger partial charge in [0.15, 0.2) is 17.5 Å². The van der Waals surface area contributed by atoms with E-state index in [9.17, 15) is 23.7 Å². The third-order valence-corrected chi connectivity index (χ3v) is 2.58. The molecule has 2 N–H and O–H groups in total. The van der Waals surface area contributed by atoms with Gasteiger partial charge in [-0.1, -0.05) is 5.21 Å². The lowest BCUT2D eigenvalue weighted by Gasteiger charge is -2.10. The molecule has 11 heteroatoms. The standard InChI is InChI=1S/C10H8F2N6O3/c1-4(9-14-16-17-15-9)13-10(19)5-2-6(11)7(12)3-8(5)18(20)21/h2-4H,1H3,(H,13,19)(H,14,15,16,17). The Morgan fingerprint density at radius 3 is 2.67 bits per heavy atom. The van der Waals surface area contributed by atoms with Gasteiger partial charge in [0.25, 0.3) is 11.6 Å². The van der Waals surface area contributed by atoms with Crippen molar-refractivity contribution in [2.75, 3.05) is 0 Å². The van der Waals surface area contributed by atoms with E-state index in [1.165, 1.54) is 6.92 Å². The first-order valence-corrected chi connectivity index (χ1v) is 5.57. The number of aromatic amines is 1. The Bertz CT molecular complexity index is 690. The fourth-order valence-corrected chi connectivity index (χ4v) is 1.56. The Hall–Kier alpha value is -2.98. The fourth-order valence-electron chi connectivity index (χ4n) is 1.56. The maximum atomic E-state index is 13.2. The molecular weight excluding hydrogens is 290 g/mol. The van der Waals surface area contributed by atoms with Crippen molar-refractivity contribution >= 4 is 11.6 Å². The van der Waals surface area contributed by atoms with Gasteiger partial charge < -0.3 is 5.32 Å².